The lowest BCUT2D eigenvalue weighted by Crippen LogP contribution is -3.14. The topological polar surface area (TPSA) is 92.1 Å². The molecule has 2 heterocycles. The van der Waals surface area contributed by atoms with Crippen LogP contribution in [-0.2, 0) is 14.8 Å². The number of hydrogen-bond donors (Lipinski definition) is 3. The number of carbonyl (C=O) groups is 1. The van der Waals surface area contributed by atoms with Gasteiger partial charge in [-0.25, -0.2) is 8.42 Å². The van der Waals surface area contributed by atoms with Crippen LogP contribution in [0.15, 0.2) is 34.2 Å². The van der Waals surface area contributed by atoms with E-state index in [1.807, 2.05) is 0 Å². The first kappa shape index (κ1) is 17.9. The van der Waals surface area contributed by atoms with Crippen molar-refractivity contribution in [2.45, 2.75) is 37.1 Å². The molecule has 1 amide bonds. The molecule has 7 nitrogen and oxygen atoms in total. The zero-order chi connectivity index (χ0) is 17.9. The Kier molecular flexibility index (Phi) is 5.39. The number of sulfonamides is 1. The van der Waals surface area contributed by atoms with Crippen LogP contribution in [0.2, 0.25) is 0 Å². The molecule has 136 valence electrons. The quantitative estimate of drug-likeness (QED) is 0.622. The summed E-state index contributed by atoms with van der Waals surface area (Å²) in [7, 11) is -3.52. The molecule has 2 aliphatic heterocycles. The van der Waals surface area contributed by atoms with Crippen LogP contribution in [0, 0.1) is 0 Å². The maximum atomic E-state index is 12.0. The van der Waals surface area contributed by atoms with E-state index in [1.54, 1.807) is 29.2 Å². The van der Waals surface area contributed by atoms with Crippen molar-refractivity contribution in [3.63, 3.8) is 0 Å². The van der Waals surface area contributed by atoms with Gasteiger partial charge in [-0.2, -0.15) is 0 Å². The second-order valence-corrected chi connectivity index (χ2v) is 8.14. The lowest BCUT2D eigenvalue weighted by Gasteiger charge is -2.20. The molecule has 1 fully saturated rings. The van der Waals surface area contributed by atoms with Crippen molar-refractivity contribution in [2.75, 3.05) is 26.2 Å². The van der Waals surface area contributed by atoms with E-state index in [4.69, 9.17) is 0 Å². The van der Waals surface area contributed by atoms with Gasteiger partial charge in [-0.3, -0.25) is 14.5 Å². The predicted molar refractivity (Wildman–Crippen MR) is 95.2 cm³/mol. The monoisotopic (exact) mass is 365 g/mol. The molecule has 0 spiro atoms. The Morgan fingerprint density at radius 2 is 2.20 bits per heavy atom. The van der Waals surface area contributed by atoms with Gasteiger partial charge in [0.05, 0.1) is 31.1 Å². The molecular weight excluding hydrogens is 340 g/mol. The first-order valence-corrected chi connectivity index (χ1v) is 10.3. The van der Waals surface area contributed by atoms with Crippen LogP contribution in [0.4, 0.5) is 0 Å². The van der Waals surface area contributed by atoms with Crippen LogP contribution in [-0.4, -0.2) is 52.4 Å². The maximum Gasteiger partial charge on any atom is 0.263 e. The highest BCUT2D eigenvalue weighted by molar-refractivity contribution is 7.90. The molecule has 2 aliphatic rings. The zero-order valence-electron chi connectivity index (χ0n) is 14.4. The Hall–Kier alpha value is -1.93. The SMILES string of the molecule is CC[NH+]1CCC[C@H]1CNC(=O)CCN=C1NS(=O)(=O)c2ccccc21. The van der Waals surface area contributed by atoms with Gasteiger partial charge >= 0.3 is 0 Å². The van der Waals surface area contributed by atoms with Gasteiger partial charge in [0.2, 0.25) is 5.91 Å². The number of amides is 1. The van der Waals surface area contributed by atoms with Crippen molar-refractivity contribution >= 4 is 21.8 Å². The number of aliphatic imine (C=N–C) groups is 1. The average molecular weight is 365 g/mol. The van der Waals surface area contributed by atoms with E-state index in [2.05, 4.69) is 22.0 Å². The second kappa shape index (κ2) is 7.53. The number of rotatable bonds is 6. The van der Waals surface area contributed by atoms with Gasteiger partial charge in [0.15, 0.2) is 0 Å². The number of fused-ring (bicyclic) bond motifs is 1. The number of benzene rings is 1. The minimum absolute atomic E-state index is 0.0409. The Bertz CT molecular complexity index is 776. The van der Waals surface area contributed by atoms with Crippen molar-refractivity contribution in [1.82, 2.24) is 10.0 Å². The number of hydrogen-bond acceptors (Lipinski definition) is 4. The molecule has 0 aliphatic carbocycles. The van der Waals surface area contributed by atoms with Gasteiger partial charge in [0.1, 0.15) is 11.9 Å². The summed E-state index contributed by atoms with van der Waals surface area (Å²) in [5.74, 6) is 0.279. The first-order chi connectivity index (χ1) is 12.0. The number of amidine groups is 1. The fourth-order valence-electron chi connectivity index (χ4n) is 3.54. The number of nitrogens with zero attached hydrogens (tertiary/aromatic N) is 1. The fraction of sp³-hybridized carbons (Fsp3) is 0.529. The summed E-state index contributed by atoms with van der Waals surface area (Å²) in [5.41, 5.74) is 0.566. The van der Waals surface area contributed by atoms with Gasteiger partial charge in [0, 0.05) is 24.8 Å². The van der Waals surface area contributed by atoms with Crippen molar-refractivity contribution in [3.05, 3.63) is 29.8 Å². The third kappa shape index (κ3) is 4.01. The molecule has 3 N–H and O–H groups in total. The van der Waals surface area contributed by atoms with Crippen molar-refractivity contribution in [1.29, 1.82) is 0 Å². The van der Waals surface area contributed by atoms with Gasteiger partial charge in [-0.15, -0.1) is 0 Å². The molecule has 1 aromatic rings. The summed E-state index contributed by atoms with van der Waals surface area (Å²) in [6.45, 7) is 5.41. The average Bonchev–Trinajstić information content (AvgIpc) is 3.16. The summed E-state index contributed by atoms with van der Waals surface area (Å²) < 4.78 is 26.4. The summed E-state index contributed by atoms with van der Waals surface area (Å²) in [5, 5.41) is 2.98. The minimum atomic E-state index is -3.52. The molecule has 0 bridgehead atoms. The van der Waals surface area contributed by atoms with Gasteiger partial charge in [-0.1, -0.05) is 12.1 Å². The van der Waals surface area contributed by atoms with E-state index in [0.717, 1.165) is 13.0 Å². The Balaban J connectivity index is 1.51. The van der Waals surface area contributed by atoms with Crippen LogP contribution >= 0.6 is 0 Å². The summed E-state index contributed by atoms with van der Waals surface area (Å²) in [6, 6.07) is 7.23. The third-order valence-corrected chi connectivity index (χ3v) is 6.30. The van der Waals surface area contributed by atoms with E-state index in [0.29, 0.717) is 24.0 Å². The number of carbonyl (C=O) groups excluding carboxylic acids is 1. The van der Waals surface area contributed by atoms with Crippen molar-refractivity contribution in [2.24, 2.45) is 4.99 Å². The molecule has 0 radical (unpaired) electrons. The predicted octanol–water partition coefficient (Wildman–Crippen LogP) is -0.701. The summed E-state index contributed by atoms with van der Waals surface area (Å²) in [6.07, 6.45) is 2.63. The number of quaternary nitrogens is 1. The van der Waals surface area contributed by atoms with E-state index in [9.17, 15) is 13.2 Å². The largest absolute Gasteiger partial charge is 0.350 e. The van der Waals surface area contributed by atoms with Crippen LogP contribution in [0.5, 0.6) is 0 Å². The second-order valence-electron chi connectivity index (χ2n) is 6.49. The van der Waals surface area contributed by atoms with E-state index < -0.39 is 10.0 Å². The lowest BCUT2D eigenvalue weighted by atomic mass is 10.2. The molecule has 25 heavy (non-hydrogen) atoms. The molecule has 1 unspecified atom stereocenters. The molecule has 3 rings (SSSR count). The zero-order valence-corrected chi connectivity index (χ0v) is 15.2. The molecule has 1 aromatic carbocycles. The molecule has 8 heteroatoms. The first-order valence-electron chi connectivity index (χ1n) is 8.79. The summed E-state index contributed by atoms with van der Waals surface area (Å²) >= 11 is 0. The van der Waals surface area contributed by atoms with Crippen LogP contribution in [0.3, 0.4) is 0 Å². The van der Waals surface area contributed by atoms with Crippen LogP contribution in [0.1, 0.15) is 31.7 Å². The molecule has 0 saturated carbocycles. The lowest BCUT2D eigenvalue weighted by molar-refractivity contribution is -0.909. The third-order valence-electron chi connectivity index (χ3n) is 4.90. The molecule has 2 atom stereocenters. The van der Waals surface area contributed by atoms with Gasteiger partial charge in [-0.05, 0) is 19.1 Å². The summed E-state index contributed by atoms with van der Waals surface area (Å²) in [4.78, 5) is 18.1. The van der Waals surface area contributed by atoms with Crippen LogP contribution < -0.4 is 14.9 Å². The molecule has 1 saturated heterocycles. The standard InChI is InChI=1S/C17H24N4O3S/c1-2-21-11-5-6-13(21)12-19-16(22)9-10-18-17-14-7-3-4-8-15(14)25(23,24)20-17/h3-4,7-8,13H,2,5-6,9-12H2,1H3,(H,18,20)(H,19,22)/p+1/t13-/m0/s1. The van der Waals surface area contributed by atoms with Crippen molar-refractivity contribution < 1.29 is 18.1 Å². The normalized spacial score (nSPS) is 25.6. The Morgan fingerprint density at radius 3 is 3.00 bits per heavy atom. The fourth-order valence-corrected chi connectivity index (χ4v) is 4.79. The van der Waals surface area contributed by atoms with Crippen molar-refractivity contribution in [3.8, 4) is 0 Å². The van der Waals surface area contributed by atoms with Gasteiger partial charge in [0.25, 0.3) is 10.0 Å². The van der Waals surface area contributed by atoms with E-state index in [-0.39, 0.29) is 23.8 Å². The highest BCUT2D eigenvalue weighted by atomic mass is 32.2. The van der Waals surface area contributed by atoms with Crippen LogP contribution in [0.25, 0.3) is 0 Å². The number of likely N-dealkylation sites (tertiary alicyclic amines) is 1. The van der Waals surface area contributed by atoms with Gasteiger partial charge < -0.3 is 10.2 Å². The molecule has 0 aromatic heterocycles. The smallest absolute Gasteiger partial charge is 0.263 e. The maximum absolute atomic E-state index is 12.0. The highest BCUT2D eigenvalue weighted by Crippen LogP contribution is 2.22. The minimum Gasteiger partial charge on any atom is -0.350 e. The molecular formula is C17H25N4O3S+. The Labute approximate surface area is 148 Å². The number of likely N-dealkylation sites (N-methyl/N-ethyl adjacent to an activating group) is 1. The number of nitrogens with one attached hydrogen (secondary N) is 3. The highest BCUT2D eigenvalue weighted by Gasteiger charge is 2.30. The Morgan fingerprint density at radius 1 is 1.40 bits per heavy atom. The van der Waals surface area contributed by atoms with E-state index >= 15 is 0 Å². The van der Waals surface area contributed by atoms with E-state index in [1.165, 1.54) is 13.0 Å².